The van der Waals surface area contributed by atoms with Crippen LogP contribution in [0.5, 0.6) is 0 Å². The highest BCUT2D eigenvalue weighted by atomic mass is 35.5. The number of nitrogens with zero attached hydrogens (tertiary/aromatic N) is 2. The number of hydrogen-bond acceptors (Lipinski definition) is 4. The summed E-state index contributed by atoms with van der Waals surface area (Å²) in [5, 5.41) is 3.26. The summed E-state index contributed by atoms with van der Waals surface area (Å²) in [6.45, 7) is 0. The molecule has 0 amide bonds. The summed E-state index contributed by atoms with van der Waals surface area (Å²) in [6.07, 6.45) is 0.207. The van der Waals surface area contributed by atoms with E-state index >= 15 is 0 Å². The monoisotopic (exact) mass is 286 g/mol. The number of carbonyl (C=O) groups is 2. The van der Waals surface area contributed by atoms with Crippen LogP contribution in [-0.2, 0) is 4.94 Å². The van der Waals surface area contributed by atoms with Crippen LogP contribution in [0.15, 0.2) is 24.3 Å². The fourth-order valence-corrected chi connectivity index (χ4v) is 1.75. The first kappa shape index (κ1) is 13.2. The van der Waals surface area contributed by atoms with Crippen LogP contribution in [0.25, 0.3) is 5.69 Å². The number of carbonyl (C=O) groups excluding carboxylic acids is 2. The van der Waals surface area contributed by atoms with Crippen LogP contribution >= 0.6 is 11.6 Å². The Hall–Kier alpha value is -2.28. The third-order valence-electron chi connectivity index (χ3n) is 2.33. The Bertz CT molecular complexity index is 657. The first-order valence-corrected chi connectivity index (χ1v) is 5.29. The molecule has 0 unspecified atom stereocenters. The topological polar surface area (TPSA) is 61.2 Å². The lowest BCUT2D eigenvalue weighted by atomic mass is 10.3. The Labute approximate surface area is 110 Å². The lowest BCUT2D eigenvalue weighted by Crippen LogP contribution is -2.05. The van der Waals surface area contributed by atoms with Crippen molar-refractivity contribution in [1.82, 2.24) is 9.78 Å². The number of para-hydroxylation sites is 1. The van der Waals surface area contributed by atoms with Crippen LogP contribution in [-0.4, -0.2) is 22.0 Å². The zero-order valence-electron chi connectivity index (χ0n) is 9.14. The number of benzene rings is 1. The van der Waals surface area contributed by atoms with Crippen LogP contribution in [0.1, 0.15) is 20.8 Å². The summed E-state index contributed by atoms with van der Waals surface area (Å²) in [7, 11) is 0. The highest BCUT2D eigenvalue weighted by molar-refractivity contribution is 6.33. The normalized spacial score (nSPS) is 10.3. The average molecular weight is 287 g/mol. The molecule has 2 rings (SSSR count). The summed E-state index contributed by atoms with van der Waals surface area (Å²) in [6, 6.07) is 5.41. The van der Waals surface area contributed by atoms with Crippen molar-refractivity contribution in [3.63, 3.8) is 0 Å². The summed E-state index contributed by atoms with van der Waals surface area (Å²) < 4.78 is 26.3. The van der Waals surface area contributed by atoms with E-state index in [4.69, 9.17) is 11.6 Å². The van der Waals surface area contributed by atoms with Gasteiger partial charge in [0.1, 0.15) is 16.7 Å². The molecule has 0 fully saturated rings. The van der Waals surface area contributed by atoms with Gasteiger partial charge in [-0.25, -0.2) is 18.8 Å². The van der Waals surface area contributed by atoms with Gasteiger partial charge in [0.05, 0.1) is 5.56 Å². The Morgan fingerprint density at radius 2 is 2.11 bits per heavy atom. The minimum absolute atomic E-state index is 0.0893. The second-order valence-corrected chi connectivity index (χ2v) is 3.76. The van der Waals surface area contributed by atoms with Crippen molar-refractivity contribution >= 4 is 23.9 Å². The van der Waals surface area contributed by atoms with Crippen molar-refractivity contribution in [3.05, 3.63) is 46.5 Å². The van der Waals surface area contributed by atoms with Crippen molar-refractivity contribution < 1.29 is 23.4 Å². The third-order valence-corrected chi connectivity index (χ3v) is 2.69. The molecule has 0 atom stereocenters. The number of rotatable bonds is 3. The van der Waals surface area contributed by atoms with Gasteiger partial charge in [0.25, 0.3) is 0 Å². The van der Waals surface area contributed by atoms with E-state index in [0.717, 1.165) is 10.7 Å². The quantitative estimate of drug-likeness (QED) is 0.814. The molecule has 0 aliphatic heterocycles. The van der Waals surface area contributed by atoms with E-state index in [1.807, 2.05) is 0 Å². The van der Waals surface area contributed by atoms with E-state index in [-0.39, 0.29) is 22.7 Å². The minimum Gasteiger partial charge on any atom is -0.298 e. The van der Waals surface area contributed by atoms with Gasteiger partial charge < -0.3 is 0 Å². The molecule has 98 valence electrons. The first-order chi connectivity index (χ1) is 9.10. The van der Waals surface area contributed by atoms with Crippen molar-refractivity contribution in [2.24, 2.45) is 0 Å². The van der Waals surface area contributed by atoms with Gasteiger partial charge in [-0.15, -0.1) is 0 Å². The maximum atomic E-state index is 13.6. The van der Waals surface area contributed by atoms with Crippen molar-refractivity contribution in [3.8, 4) is 5.69 Å². The third kappa shape index (κ3) is 2.19. The van der Waals surface area contributed by atoms with Crippen LogP contribution in [0.2, 0.25) is 5.15 Å². The van der Waals surface area contributed by atoms with Crippen molar-refractivity contribution in [2.45, 2.75) is 0 Å². The Kier molecular flexibility index (Phi) is 3.57. The maximum Gasteiger partial charge on any atom is 0.400 e. The van der Waals surface area contributed by atoms with Crippen molar-refractivity contribution in [1.29, 1.82) is 0 Å². The fraction of sp³-hybridized carbons (Fsp3) is 0. The molecule has 1 aromatic heterocycles. The largest absolute Gasteiger partial charge is 0.400 e. The molecule has 0 N–H and O–H groups in total. The van der Waals surface area contributed by atoms with Gasteiger partial charge in [-0.2, -0.15) is 5.10 Å². The van der Waals surface area contributed by atoms with Crippen LogP contribution in [0, 0.1) is 5.82 Å². The molecule has 1 heterocycles. The van der Waals surface area contributed by atoms with Gasteiger partial charge in [-0.3, -0.25) is 4.79 Å². The van der Waals surface area contributed by atoms with Gasteiger partial charge >= 0.3 is 5.97 Å². The van der Waals surface area contributed by atoms with Crippen LogP contribution < -0.4 is 0 Å². The van der Waals surface area contributed by atoms with Gasteiger partial charge in [-0.05, 0) is 12.1 Å². The second kappa shape index (κ2) is 5.15. The summed E-state index contributed by atoms with van der Waals surface area (Å²) in [5.41, 5.74) is -1.10. The number of aromatic nitrogens is 2. The second-order valence-electron chi connectivity index (χ2n) is 3.40. The molecule has 0 bridgehead atoms. The highest BCUT2D eigenvalue weighted by Gasteiger charge is 2.25. The maximum absolute atomic E-state index is 13.6. The molecule has 0 saturated heterocycles. The average Bonchev–Trinajstić information content (AvgIpc) is 2.75. The lowest BCUT2D eigenvalue weighted by Gasteiger charge is -2.03. The van der Waals surface area contributed by atoms with E-state index in [9.17, 15) is 18.5 Å². The number of aldehydes is 1. The zero-order chi connectivity index (χ0) is 14.0. The van der Waals surface area contributed by atoms with E-state index in [1.165, 1.54) is 18.2 Å². The molecule has 0 aliphatic carbocycles. The van der Waals surface area contributed by atoms with Gasteiger partial charge in [0.15, 0.2) is 12.0 Å². The number of halogens is 3. The molecular weight excluding hydrogens is 282 g/mol. The predicted molar refractivity (Wildman–Crippen MR) is 60.4 cm³/mol. The lowest BCUT2D eigenvalue weighted by molar-refractivity contribution is -0.0793. The molecule has 0 spiro atoms. The molecule has 19 heavy (non-hydrogen) atoms. The first-order valence-electron chi connectivity index (χ1n) is 4.91. The smallest absolute Gasteiger partial charge is 0.298 e. The minimum atomic E-state index is -1.49. The van der Waals surface area contributed by atoms with Gasteiger partial charge in [0, 0.05) is 4.53 Å². The summed E-state index contributed by atoms with van der Waals surface area (Å²) in [4.78, 5) is 24.9. The highest BCUT2D eigenvalue weighted by Crippen LogP contribution is 2.24. The van der Waals surface area contributed by atoms with Crippen LogP contribution in [0.3, 0.4) is 0 Å². The Morgan fingerprint density at radius 1 is 1.42 bits per heavy atom. The van der Waals surface area contributed by atoms with Crippen LogP contribution in [0.4, 0.5) is 8.92 Å². The molecule has 0 saturated carbocycles. The molecule has 8 heteroatoms. The molecule has 2 aromatic rings. The Balaban J connectivity index is 2.67. The fourth-order valence-electron chi connectivity index (χ4n) is 1.48. The van der Waals surface area contributed by atoms with E-state index in [2.05, 4.69) is 10.0 Å². The summed E-state index contributed by atoms with van der Waals surface area (Å²) >= 11 is 5.81. The van der Waals surface area contributed by atoms with Gasteiger partial charge in [-0.1, -0.05) is 23.7 Å². The summed E-state index contributed by atoms with van der Waals surface area (Å²) in [5.74, 6) is -2.16. The molecule has 1 aromatic carbocycles. The van der Waals surface area contributed by atoms with E-state index in [0.29, 0.717) is 0 Å². The number of hydrogen-bond donors (Lipinski definition) is 0. The molecule has 0 aliphatic rings. The molecule has 0 radical (unpaired) electrons. The van der Waals surface area contributed by atoms with E-state index in [1.54, 1.807) is 0 Å². The Morgan fingerprint density at radius 3 is 2.68 bits per heavy atom. The SMILES string of the molecule is O=Cc1c(C(=O)OF)nn(-c2ccccc2F)c1Cl. The van der Waals surface area contributed by atoms with Crippen molar-refractivity contribution in [2.75, 3.05) is 0 Å². The predicted octanol–water partition coefficient (Wildman–Crippen LogP) is 2.52. The molecule has 5 nitrogen and oxygen atoms in total. The van der Waals surface area contributed by atoms with E-state index < -0.39 is 17.5 Å². The van der Waals surface area contributed by atoms with Gasteiger partial charge in [0.2, 0.25) is 0 Å². The molecular formula is C11H5ClF2N2O3. The standard InChI is InChI=1S/C11H5ClF2N2O3/c12-10-6(5-17)9(11(18)19-14)15-16(10)8-4-2-1-3-7(8)13/h1-5H. The zero-order valence-corrected chi connectivity index (χ0v) is 9.90.